The van der Waals surface area contributed by atoms with Crippen LogP contribution < -0.4 is 5.32 Å². The van der Waals surface area contributed by atoms with E-state index in [0.717, 1.165) is 6.54 Å². The Morgan fingerprint density at radius 2 is 2.21 bits per heavy atom. The van der Waals surface area contributed by atoms with Gasteiger partial charge in [0, 0.05) is 43.5 Å². The van der Waals surface area contributed by atoms with Crippen LogP contribution >= 0.6 is 0 Å². The van der Waals surface area contributed by atoms with Gasteiger partial charge < -0.3 is 5.32 Å². The van der Waals surface area contributed by atoms with Crippen LogP contribution in [0.1, 0.15) is 51.6 Å². The number of hydrogen-bond acceptors (Lipinski definition) is 3. The monoisotopic (exact) mass is 264 g/mol. The summed E-state index contributed by atoms with van der Waals surface area (Å²) in [5, 5.41) is 7.95. The van der Waals surface area contributed by atoms with Crippen molar-refractivity contribution < 1.29 is 0 Å². The quantitative estimate of drug-likeness (QED) is 0.886. The summed E-state index contributed by atoms with van der Waals surface area (Å²) in [5.41, 5.74) is 1.31. The molecule has 0 bridgehead atoms. The molecule has 1 aliphatic heterocycles. The molecular formula is C15H28N4. The number of aromatic nitrogens is 2. The van der Waals surface area contributed by atoms with Crippen molar-refractivity contribution in [3.63, 3.8) is 0 Å². The van der Waals surface area contributed by atoms with Gasteiger partial charge in [-0.15, -0.1) is 0 Å². The lowest BCUT2D eigenvalue weighted by Crippen LogP contribution is -2.46. The summed E-state index contributed by atoms with van der Waals surface area (Å²) >= 11 is 0. The Labute approximate surface area is 117 Å². The minimum atomic E-state index is 0.428. The molecule has 0 radical (unpaired) electrons. The van der Waals surface area contributed by atoms with Gasteiger partial charge in [-0.05, 0) is 40.2 Å². The van der Waals surface area contributed by atoms with E-state index < -0.39 is 0 Å². The van der Waals surface area contributed by atoms with Crippen molar-refractivity contribution in [2.45, 2.75) is 58.2 Å². The van der Waals surface area contributed by atoms with Gasteiger partial charge in [-0.3, -0.25) is 9.58 Å². The summed E-state index contributed by atoms with van der Waals surface area (Å²) in [4.78, 5) is 2.58. The van der Waals surface area contributed by atoms with E-state index in [1.54, 1.807) is 0 Å². The molecule has 4 heteroatoms. The third-order valence-corrected chi connectivity index (χ3v) is 4.21. The molecule has 4 nitrogen and oxygen atoms in total. The van der Waals surface area contributed by atoms with E-state index in [9.17, 15) is 0 Å². The van der Waals surface area contributed by atoms with Gasteiger partial charge in [0.05, 0.1) is 6.20 Å². The van der Waals surface area contributed by atoms with Crippen LogP contribution in [0.5, 0.6) is 0 Å². The molecule has 19 heavy (non-hydrogen) atoms. The number of nitrogens with zero attached hydrogens (tertiary/aromatic N) is 3. The van der Waals surface area contributed by atoms with Crippen molar-refractivity contribution in [1.29, 1.82) is 0 Å². The predicted molar refractivity (Wildman–Crippen MR) is 79.1 cm³/mol. The smallest absolute Gasteiger partial charge is 0.0537 e. The number of hydrogen-bond donors (Lipinski definition) is 1. The molecule has 0 saturated carbocycles. The van der Waals surface area contributed by atoms with Gasteiger partial charge in [0.2, 0.25) is 0 Å². The van der Waals surface area contributed by atoms with Gasteiger partial charge in [-0.25, -0.2) is 0 Å². The average molecular weight is 264 g/mol. The summed E-state index contributed by atoms with van der Waals surface area (Å²) in [6, 6.07) is 1.63. The maximum Gasteiger partial charge on any atom is 0.0537 e. The van der Waals surface area contributed by atoms with Gasteiger partial charge in [-0.2, -0.15) is 5.10 Å². The first-order chi connectivity index (χ1) is 9.08. The second-order valence-electron chi connectivity index (χ2n) is 6.06. The molecule has 0 spiro atoms. The number of nitrogens with one attached hydrogen (secondary N) is 1. The number of rotatable bonds is 5. The lowest BCUT2D eigenvalue weighted by atomic mass is 10.0. The van der Waals surface area contributed by atoms with Crippen molar-refractivity contribution in [1.82, 2.24) is 20.0 Å². The van der Waals surface area contributed by atoms with E-state index in [4.69, 9.17) is 0 Å². The summed E-state index contributed by atoms with van der Waals surface area (Å²) in [7, 11) is 1.98. The van der Waals surface area contributed by atoms with Crippen LogP contribution in [0.4, 0.5) is 0 Å². The molecule has 1 fully saturated rings. The third-order valence-electron chi connectivity index (χ3n) is 4.21. The zero-order valence-corrected chi connectivity index (χ0v) is 12.8. The van der Waals surface area contributed by atoms with E-state index in [0.29, 0.717) is 18.1 Å². The maximum atomic E-state index is 4.30. The summed E-state index contributed by atoms with van der Waals surface area (Å²) in [5.74, 6) is 0. The Bertz CT molecular complexity index is 379. The molecule has 0 aliphatic carbocycles. The molecule has 2 rings (SSSR count). The Kier molecular flexibility index (Phi) is 4.99. The molecule has 2 atom stereocenters. The summed E-state index contributed by atoms with van der Waals surface area (Å²) < 4.78 is 1.89. The Morgan fingerprint density at radius 3 is 2.74 bits per heavy atom. The highest BCUT2D eigenvalue weighted by Gasteiger charge is 2.24. The zero-order valence-electron chi connectivity index (χ0n) is 12.8. The Balaban J connectivity index is 2.02. The fraction of sp³-hybridized carbons (Fsp3) is 0.800. The van der Waals surface area contributed by atoms with Crippen LogP contribution in [0.15, 0.2) is 12.4 Å². The topological polar surface area (TPSA) is 33.1 Å². The van der Waals surface area contributed by atoms with Crippen molar-refractivity contribution in [2.75, 3.05) is 13.1 Å². The van der Waals surface area contributed by atoms with Gasteiger partial charge >= 0.3 is 0 Å². The van der Waals surface area contributed by atoms with Crippen LogP contribution in [0.25, 0.3) is 0 Å². The lowest BCUT2D eigenvalue weighted by Gasteiger charge is -2.37. The number of aryl methyl sites for hydroxylation is 1. The fourth-order valence-electron chi connectivity index (χ4n) is 3.00. The lowest BCUT2D eigenvalue weighted by molar-refractivity contribution is 0.138. The highest BCUT2D eigenvalue weighted by Crippen LogP contribution is 2.23. The van der Waals surface area contributed by atoms with Crippen molar-refractivity contribution in [2.24, 2.45) is 7.05 Å². The molecule has 108 valence electrons. The molecule has 1 N–H and O–H groups in total. The van der Waals surface area contributed by atoms with Crippen molar-refractivity contribution in [3.8, 4) is 0 Å². The van der Waals surface area contributed by atoms with E-state index in [1.807, 2.05) is 17.9 Å². The summed E-state index contributed by atoms with van der Waals surface area (Å²) in [6.45, 7) is 9.18. The molecule has 1 aliphatic rings. The SMILES string of the molecule is CC(C)N(CC1CCCCN1)C(C)c1cnn(C)c1. The molecule has 1 saturated heterocycles. The molecule has 2 heterocycles. The van der Waals surface area contributed by atoms with Crippen LogP contribution in [0, 0.1) is 0 Å². The van der Waals surface area contributed by atoms with Crippen molar-refractivity contribution in [3.05, 3.63) is 18.0 Å². The van der Waals surface area contributed by atoms with Crippen LogP contribution in [-0.4, -0.2) is 39.9 Å². The zero-order chi connectivity index (χ0) is 13.8. The minimum absolute atomic E-state index is 0.428. The minimum Gasteiger partial charge on any atom is -0.313 e. The maximum absolute atomic E-state index is 4.30. The Hall–Kier alpha value is -0.870. The van der Waals surface area contributed by atoms with E-state index >= 15 is 0 Å². The van der Waals surface area contributed by atoms with E-state index in [1.165, 1.54) is 31.4 Å². The first-order valence-corrected chi connectivity index (χ1v) is 7.55. The average Bonchev–Trinajstić information content (AvgIpc) is 2.83. The molecule has 2 unspecified atom stereocenters. The molecular weight excluding hydrogens is 236 g/mol. The summed E-state index contributed by atoms with van der Waals surface area (Å²) in [6.07, 6.45) is 8.13. The van der Waals surface area contributed by atoms with E-state index in [2.05, 4.69) is 42.3 Å². The second-order valence-corrected chi connectivity index (χ2v) is 6.06. The fourth-order valence-corrected chi connectivity index (χ4v) is 3.00. The normalized spacial score (nSPS) is 22.1. The number of piperidine rings is 1. The van der Waals surface area contributed by atoms with Crippen molar-refractivity contribution >= 4 is 0 Å². The third kappa shape index (κ3) is 3.80. The molecule has 1 aromatic heterocycles. The van der Waals surface area contributed by atoms with Gasteiger partial charge in [0.15, 0.2) is 0 Å². The van der Waals surface area contributed by atoms with E-state index in [-0.39, 0.29) is 0 Å². The first kappa shape index (κ1) is 14.5. The highest BCUT2D eigenvalue weighted by atomic mass is 15.3. The van der Waals surface area contributed by atoms with Crippen LogP contribution in [-0.2, 0) is 7.05 Å². The second kappa shape index (κ2) is 6.53. The predicted octanol–water partition coefficient (Wildman–Crippen LogP) is 2.33. The standard InChI is InChI=1S/C15H28N4/c1-12(2)19(11-15-7-5-6-8-16-15)13(3)14-9-17-18(4)10-14/h9-10,12-13,15-16H,5-8,11H2,1-4H3. The molecule has 1 aromatic rings. The van der Waals surface area contributed by atoms with Gasteiger partial charge in [0.25, 0.3) is 0 Å². The largest absolute Gasteiger partial charge is 0.313 e. The van der Waals surface area contributed by atoms with Crippen LogP contribution in [0.3, 0.4) is 0 Å². The molecule has 0 amide bonds. The highest BCUT2D eigenvalue weighted by molar-refractivity contribution is 5.10. The van der Waals surface area contributed by atoms with Gasteiger partial charge in [0.1, 0.15) is 0 Å². The molecule has 0 aromatic carbocycles. The first-order valence-electron chi connectivity index (χ1n) is 7.55. The van der Waals surface area contributed by atoms with Crippen LogP contribution in [0.2, 0.25) is 0 Å². The van der Waals surface area contributed by atoms with Gasteiger partial charge in [-0.1, -0.05) is 6.42 Å². The Morgan fingerprint density at radius 1 is 1.42 bits per heavy atom.